The molecule has 0 aliphatic rings. The van der Waals surface area contributed by atoms with E-state index in [0.717, 1.165) is 19.3 Å². The third-order valence-corrected chi connectivity index (χ3v) is 8.21. The molecule has 0 aromatic heterocycles. The van der Waals surface area contributed by atoms with Crippen molar-refractivity contribution in [3.63, 3.8) is 0 Å². The molecule has 0 saturated carbocycles. The van der Waals surface area contributed by atoms with Crippen LogP contribution in [0.1, 0.15) is 115 Å². The highest BCUT2D eigenvalue weighted by Crippen LogP contribution is 2.36. The first-order valence-corrected chi connectivity index (χ1v) is 15.6. The summed E-state index contributed by atoms with van der Waals surface area (Å²) in [7, 11) is 0. The summed E-state index contributed by atoms with van der Waals surface area (Å²) in [6.45, 7) is 2.86. The summed E-state index contributed by atoms with van der Waals surface area (Å²) < 4.78 is 5.53. The fourth-order valence-electron chi connectivity index (χ4n) is 5.99. The molecule has 4 aromatic rings. The lowest BCUT2D eigenvalue weighted by molar-refractivity contribution is -0.143. The maximum Gasteiger partial charge on any atom is 0.305 e. The molecular weight excluding hydrogens is 464 g/mol. The highest BCUT2D eigenvalue weighted by molar-refractivity contribution is 6.23. The molecule has 0 atom stereocenters. The predicted molar refractivity (Wildman–Crippen MR) is 164 cm³/mol. The zero-order valence-electron chi connectivity index (χ0n) is 23.7. The number of unbranched alkanes of at least 4 members (excludes halogenated alkanes) is 13. The van der Waals surface area contributed by atoms with Crippen molar-refractivity contribution in [1.82, 2.24) is 0 Å². The second-order valence-electron chi connectivity index (χ2n) is 11.3. The number of carbonyl (C=O) groups is 1. The van der Waals surface area contributed by atoms with Gasteiger partial charge >= 0.3 is 5.97 Å². The molecule has 0 heterocycles. The van der Waals surface area contributed by atoms with Crippen LogP contribution < -0.4 is 0 Å². The number of carbonyl (C=O) groups excluding carboxylic acids is 1. The van der Waals surface area contributed by atoms with E-state index in [9.17, 15) is 4.79 Å². The molecule has 0 radical (unpaired) electrons. The van der Waals surface area contributed by atoms with Gasteiger partial charge in [-0.2, -0.15) is 0 Å². The maximum atomic E-state index is 12.3. The fraction of sp³-hybridized carbons (Fsp3) is 0.528. The monoisotopic (exact) mass is 512 g/mol. The van der Waals surface area contributed by atoms with Crippen LogP contribution in [0.3, 0.4) is 0 Å². The molecule has 4 aromatic carbocycles. The summed E-state index contributed by atoms with van der Waals surface area (Å²) in [5.74, 6) is -0.0441. The number of rotatable bonds is 19. The van der Waals surface area contributed by atoms with Gasteiger partial charge in [0.1, 0.15) is 0 Å². The van der Waals surface area contributed by atoms with E-state index in [2.05, 4.69) is 61.5 Å². The van der Waals surface area contributed by atoms with Crippen molar-refractivity contribution in [2.75, 3.05) is 6.61 Å². The van der Waals surface area contributed by atoms with Gasteiger partial charge in [-0.1, -0.05) is 145 Å². The SMILES string of the molecule is CCCCCCCCCCCCCCCCOC(=O)CCCc1ccc2ccc3cccc4ccc1c2c34. The van der Waals surface area contributed by atoms with E-state index in [4.69, 9.17) is 4.74 Å². The van der Waals surface area contributed by atoms with Crippen LogP contribution in [0.15, 0.2) is 54.6 Å². The van der Waals surface area contributed by atoms with Gasteiger partial charge in [0, 0.05) is 6.42 Å². The van der Waals surface area contributed by atoms with Crippen molar-refractivity contribution in [3.8, 4) is 0 Å². The Labute approximate surface area is 230 Å². The molecule has 0 spiro atoms. The highest BCUT2D eigenvalue weighted by Gasteiger charge is 2.11. The van der Waals surface area contributed by atoms with E-state index < -0.39 is 0 Å². The molecule has 2 heteroatoms. The quantitative estimate of drug-likeness (QED) is 0.0709. The Morgan fingerprint density at radius 2 is 1.11 bits per heavy atom. The van der Waals surface area contributed by atoms with Gasteiger partial charge in [0.05, 0.1) is 6.61 Å². The van der Waals surface area contributed by atoms with E-state index >= 15 is 0 Å². The number of aryl methyl sites for hydroxylation is 1. The van der Waals surface area contributed by atoms with Crippen LogP contribution >= 0.6 is 0 Å². The van der Waals surface area contributed by atoms with Crippen molar-refractivity contribution in [2.24, 2.45) is 0 Å². The van der Waals surface area contributed by atoms with E-state index in [0.29, 0.717) is 13.0 Å². The molecule has 0 aliphatic heterocycles. The first-order valence-electron chi connectivity index (χ1n) is 15.6. The summed E-state index contributed by atoms with van der Waals surface area (Å²) >= 11 is 0. The zero-order chi connectivity index (χ0) is 26.4. The van der Waals surface area contributed by atoms with Crippen LogP contribution in [0, 0.1) is 0 Å². The third kappa shape index (κ3) is 8.19. The Balaban J connectivity index is 1.06. The molecule has 0 fully saturated rings. The molecule has 204 valence electrons. The lowest BCUT2D eigenvalue weighted by Gasteiger charge is -2.14. The Morgan fingerprint density at radius 1 is 0.579 bits per heavy atom. The molecule has 0 N–H and O–H groups in total. The minimum Gasteiger partial charge on any atom is -0.466 e. The van der Waals surface area contributed by atoms with Gasteiger partial charge in [-0.3, -0.25) is 4.79 Å². The number of esters is 1. The average Bonchev–Trinajstić information content (AvgIpc) is 2.94. The zero-order valence-corrected chi connectivity index (χ0v) is 23.7. The highest BCUT2D eigenvalue weighted by atomic mass is 16.5. The average molecular weight is 513 g/mol. The van der Waals surface area contributed by atoms with Crippen LogP contribution in [0.5, 0.6) is 0 Å². The van der Waals surface area contributed by atoms with E-state index in [-0.39, 0.29) is 5.97 Å². The molecule has 0 aliphatic carbocycles. The normalized spacial score (nSPS) is 11.7. The summed E-state index contributed by atoms with van der Waals surface area (Å²) in [5.41, 5.74) is 1.33. The second kappa shape index (κ2) is 15.7. The minimum atomic E-state index is -0.0441. The second-order valence-corrected chi connectivity index (χ2v) is 11.3. The minimum absolute atomic E-state index is 0.0441. The van der Waals surface area contributed by atoms with Crippen LogP contribution in [0.4, 0.5) is 0 Å². The maximum absolute atomic E-state index is 12.3. The van der Waals surface area contributed by atoms with Crippen LogP contribution in [0.2, 0.25) is 0 Å². The van der Waals surface area contributed by atoms with Crippen molar-refractivity contribution in [1.29, 1.82) is 0 Å². The van der Waals surface area contributed by atoms with Crippen LogP contribution in [-0.4, -0.2) is 12.6 Å². The lowest BCUT2D eigenvalue weighted by Crippen LogP contribution is -2.06. The molecule has 0 bridgehead atoms. The predicted octanol–water partition coefficient (Wildman–Crippen LogP) is 10.9. The fourth-order valence-corrected chi connectivity index (χ4v) is 5.99. The molecule has 4 rings (SSSR count). The van der Waals surface area contributed by atoms with E-state index in [1.54, 1.807) is 0 Å². The molecule has 0 unspecified atom stereocenters. The van der Waals surface area contributed by atoms with E-state index in [1.165, 1.54) is 121 Å². The third-order valence-electron chi connectivity index (χ3n) is 8.21. The Hall–Kier alpha value is -2.61. The van der Waals surface area contributed by atoms with Crippen LogP contribution in [0.25, 0.3) is 32.3 Å². The van der Waals surface area contributed by atoms with Crippen LogP contribution in [-0.2, 0) is 16.0 Å². The smallest absolute Gasteiger partial charge is 0.305 e. The lowest BCUT2D eigenvalue weighted by atomic mass is 9.90. The number of hydrogen-bond donors (Lipinski definition) is 0. The summed E-state index contributed by atoms with van der Waals surface area (Å²) in [6, 6.07) is 19.9. The number of benzene rings is 4. The first-order chi connectivity index (χ1) is 18.8. The van der Waals surface area contributed by atoms with Gasteiger partial charge in [0.2, 0.25) is 0 Å². The van der Waals surface area contributed by atoms with Gasteiger partial charge in [0.25, 0.3) is 0 Å². The van der Waals surface area contributed by atoms with Gasteiger partial charge in [-0.15, -0.1) is 0 Å². The standard InChI is InChI=1S/C36H48O2/c1-2-3-4-5-6-7-8-9-10-11-12-13-14-15-28-38-34(37)21-17-18-29-22-23-32-25-24-30-19-16-20-31-26-27-33(29)36(32)35(30)31/h16,19-20,22-27H,2-15,17-18,21,28H2,1H3. The van der Waals surface area contributed by atoms with Crippen molar-refractivity contribution < 1.29 is 9.53 Å². The van der Waals surface area contributed by atoms with Crippen molar-refractivity contribution >= 4 is 38.3 Å². The van der Waals surface area contributed by atoms with E-state index in [1.807, 2.05) is 0 Å². The number of hydrogen-bond acceptors (Lipinski definition) is 2. The van der Waals surface area contributed by atoms with Crippen molar-refractivity contribution in [3.05, 3.63) is 60.2 Å². The first kappa shape index (κ1) is 28.4. The van der Waals surface area contributed by atoms with Gasteiger partial charge in [0.15, 0.2) is 0 Å². The molecule has 2 nitrogen and oxygen atoms in total. The topological polar surface area (TPSA) is 26.3 Å². The largest absolute Gasteiger partial charge is 0.466 e. The molecule has 38 heavy (non-hydrogen) atoms. The van der Waals surface area contributed by atoms with Gasteiger partial charge in [-0.05, 0) is 57.1 Å². The number of ether oxygens (including phenoxy) is 1. The Bertz CT molecular complexity index is 1220. The Kier molecular flexibility index (Phi) is 11.7. The van der Waals surface area contributed by atoms with Gasteiger partial charge in [-0.25, -0.2) is 0 Å². The van der Waals surface area contributed by atoms with Crippen molar-refractivity contribution in [2.45, 2.75) is 116 Å². The summed E-state index contributed by atoms with van der Waals surface area (Å²) in [5, 5.41) is 7.92. The molecular formula is C36H48O2. The molecule has 0 saturated heterocycles. The summed E-state index contributed by atoms with van der Waals surface area (Å²) in [6.07, 6.45) is 21.0. The Morgan fingerprint density at radius 3 is 1.74 bits per heavy atom. The summed E-state index contributed by atoms with van der Waals surface area (Å²) in [4.78, 5) is 12.3. The molecule has 0 amide bonds. The van der Waals surface area contributed by atoms with Gasteiger partial charge < -0.3 is 4.74 Å².